The Hall–Kier alpha value is -2.64. The third-order valence-electron chi connectivity index (χ3n) is 3.43. The van der Waals surface area contributed by atoms with Crippen molar-refractivity contribution in [2.75, 3.05) is 4.72 Å². The van der Waals surface area contributed by atoms with Crippen LogP contribution in [0.3, 0.4) is 0 Å². The van der Waals surface area contributed by atoms with Gasteiger partial charge in [-0.2, -0.15) is 21.6 Å². The molecule has 144 valence electrons. The molecule has 0 aliphatic rings. The molecule has 0 saturated carbocycles. The van der Waals surface area contributed by atoms with E-state index >= 15 is 0 Å². The van der Waals surface area contributed by atoms with E-state index in [4.69, 9.17) is 4.55 Å². The molecule has 1 aromatic heterocycles. The van der Waals surface area contributed by atoms with Gasteiger partial charge >= 0.3 is 16.3 Å². The van der Waals surface area contributed by atoms with Crippen molar-refractivity contribution in [1.29, 1.82) is 0 Å². The second-order valence-corrected chi connectivity index (χ2v) is 8.40. The molecular weight excluding hydrogens is 411 g/mol. The van der Waals surface area contributed by atoms with Crippen LogP contribution in [0.25, 0.3) is 11.0 Å². The first-order valence-corrected chi connectivity index (χ1v) is 9.96. The molecule has 0 atom stereocenters. The number of halogens is 3. The maximum Gasteiger partial charge on any atom is 0.416 e. The van der Waals surface area contributed by atoms with Gasteiger partial charge in [0.15, 0.2) is 0 Å². The number of sulfonamides is 1. The van der Waals surface area contributed by atoms with Crippen LogP contribution in [-0.4, -0.2) is 31.4 Å². The first-order valence-electron chi connectivity index (χ1n) is 7.04. The summed E-state index contributed by atoms with van der Waals surface area (Å²) in [7, 11) is -8.90. The van der Waals surface area contributed by atoms with Crippen molar-refractivity contribution >= 4 is 36.9 Å². The zero-order valence-electron chi connectivity index (χ0n) is 13.0. The predicted molar refractivity (Wildman–Crippen MR) is 88.2 cm³/mol. The molecule has 1 heterocycles. The summed E-state index contributed by atoms with van der Waals surface area (Å²) in [6.07, 6.45) is -4.64. The van der Waals surface area contributed by atoms with Gasteiger partial charge in [0.25, 0.3) is 15.2 Å². The lowest BCUT2D eigenvalue weighted by atomic mass is 10.2. The van der Waals surface area contributed by atoms with E-state index in [0.717, 1.165) is 30.3 Å². The molecule has 27 heavy (non-hydrogen) atoms. The van der Waals surface area contributed by atoms with Crippen molar-refractivity contribution in [3.63, 3.8) is 0 Å². The number of hydrogen-bond acceptors (Lipinski definition) is 5. The van der Waals surface area contributed by atoms with E-state index in [1.807, 2.05) is 4.72 Å². The lowest BCUT2D eigenvalue weighted by Crippen LogP contribution is -2.14. The summed E-state index contributed by atoms with van der Waals surface area (Å²) in [5.41, 5.74) is -1.26. The van der Waals surface area contributed by atoms with Crippen molar-refractivity contribution in [2.45, 2.75) is 16.2 Å². The molecule has 0 spiro atoms. The third-order valence-corrected chi connectivity index (χ3v) is 5.49. The van der Waals surface area contributed by atoms with E-state index in [-0.39, 0.29) is 21.6 Å². The van der Waals surface area contributed by atoms with Crippen LogP contribution in [0.5, 0.6) is 0 Å². The van der Waals surface area contributed by atoms with Gasteiger partial charge in [-0.15, -0.1) is 0 Å². The molecule has 0 amide bonds. The molecule has 2 aromatic carbocycles. The van der Waals surface area contributed by atoms with Crippen molar-refractivity contribution in [2.24, 2.45) is 0 Å². The Morgan fingerprint density at radius 1 is 1.04 bits per heavy atom. The summed E-state index contributed by atoms with van der Waals surface area (Å²) in [5.74, 6) is 0. The Morgan fingerprint density at radius 2 is 1.74 bits per heavy atom. The molecule has 0 radical (unpaired) electrons. The minimum atomic E-state index is -4.64. The van der Waals surface area contributed by atoms with E-state index in [1.165, 1.54) is 6.07 Å². The Kier molecular flexibility index (Phi) is 4.40. The minimum Gasteiger partial charge on any atom is -0.327 e. The van der Waals surface area contributed by atoms with Crippen LogP contribution in [0.4, 0.5) is 18.9 Å². The lowest BCUT2D eigenvalue weighted by molar-refractivity contribution is -0.137. The van der Waals surface area contributed by atoms with E-state index in [9.17, 15) is 30.0 Å². The van der Waals surface area contributed by atoms with E-state index in [2.05, 4.69) is 9.97 Å². The van der Waals surface area contributed by atoms with Gasteiger partial charge < -0.3 is 4.98 Å². The van der Waals surface area contributed by atoms with Crippen LogP contribution >= 0.6 is 0 Å². The monoisotopic (exact) mass is 421 g/mol. The van der Waals surface area contributed by atoms with Crippen LogP contribution in [0, 0.1) is 0 Å². The SMILES string of the molecule is O=S(=O)(O)c1nc2cc(S(=O)(=O)Nc3cccc(C(F)(F)F)c3)ccc2[nH]1. The zero-order valence-corrected chi connectivity index (χ0v) is 14.7. The van der Waals surface area contributed by atoms with Gasteiger partial charge in [-0.1, -0.05) is 6.07 Å². The molecule has 3 N–H and O–H groups in total. The number of fused-ring (bicyclic) bond motifs is 1. The zero-order chi connectivity index (χ0) is 20.0. The smallest absolute Gasteiger partial charge is 0.327 e. The number of hydrogen-bond donors (Lipinski definition) is 3. The average molecular weight is 421 g/mol. The Balaban J connectivity index is 1.98. The number of anilines is 1. The van der Waals surface area contributed by atoms with Gasteiger partial charge in [-0.3, -0.25) is 9.27 Å². The maximum atomic E-state index is 12.7. The van der Waals surface area contributed by atoms with E-state index in [1.54, 1.807) is 0 Å². The Morgan fingerprint density at radius 3 is 2.37 bits per heavy atom. The molecule has 0 fully saturated rings. The first kappa shape index (κ1) is 19.1. The van der Waals surface area contributed by atoms with Gasteiger partial charge in [-0.25, -0.2) is 13.4 Å². The van der Waals surface area contributed by atoms with Crippen molar-refractivity contribution in [3.8, 4) is 0 Å². The summed E-state index contributed by atoms with van der Waals surface area (Å²) in [6, 6.07) is 6.95. The lowest BCUT2D eigenvalue weighted by Gasteiger charge is -2.11. The number of benzene rings is 2. The molecule has 0 saturated heterocycles. The van der Waals surface area contributed by atoms with Gasteiger partial charge in [0.2, 0.25) is 0 Å². The number of rotatable bonds is 4. The van der Waals surface area contributed by atoms with Crippen molar-refractivity contribution in [1.82, 2.24) is 9.97 Å². The number of alkyl halides is 3. The highest BCUT2D eigenvalue weighted by Crippen LogP contribution is 2.31. The molecule has 3 aromatic rings. The molecule has 13 heteroatoms. The molecular formula is C14H10F3N3O5S2. The minimum absolute atomic E-state index is 0.0745. The van der Waals surface area contributed by atoms with Crippen LogP contribution < -0.4 is 4.72 Å². The average Bonchev–Trinajstić information content (AvgIpc) is 2.97. The van der Waals surface area contributed by atoms with Crippen LogP contribution in [-0.2, 0) is 26.3 Å². The summed E-state index contributed by atoms with van der Waals surface area (Å²) in [5, 5.41) is -0.766. The van der Waals surface area contributed by atoms with Gasteiger partial charge in [0.05, 0.1) is 21.5 Å². The molecule has 8 nitrogen and oxygen atoms in total. The highest BCUT2D eigenvalue weighted by Gasteiger charge is 2.30. The number of aromatic amines is 1. The van der Waals surface area contributed by atoms with Gasteiger partial charge in [0, 0.05) is 5.69 Å². The molecule has 0 unspecified atom stereocenters. The summed E-state index contributed by atoms with van der Waals surface area (Å²) >= 11 is 0. The topological polar surface area (TPSA) is 129 Å². The fourth-order valence-electron chi connectivity index (χ4n) is 2.22. The summed E-state index contributed by atoms with van der Waals surface area (Å²) < 4.78 is 96.2. The van der Waals surface area contributed by atoms with E-state index in [0.29, 0.717) is 6.07 Å². The molecule has 3 rings (SSSR count). The van der Waals surface area contributed by atoms with Crippen molar-refractivity contribution in [3.05, 3.63) is 48.0 Å². The largest absolute Gasteiger partial charge is 0.416 e. The first-order chi connectivity index (χ1) is 12.4. The maximum absolute atomic E-state index is 12.7. The summed E-state index contributed by atoms with van der Waals surface area (Å²) in [4.78, 5) is 5.52. The highest BCUT2D eigenvalue weighted by atomic mass is 32.2. The van der Waals surface area contributed by atoms with Crippen molar-refractivity contribution < 1.29 is 34.6 Å². The second kappa shape index (κ2) is 6.21. The third kappa shape index (κ3) is 4.04. The molecule has 0 aliphatic carbocycles. The molecule has 0 aliphatic heterocycles. The normalized spacial score (nSPS) is 13.0. The van der Waals surface area contributed by atoms with Crippen LogP contribution in [0.2, 0.25) is 0 Å². The molecule has 0 bridgehead atoms. The Bertz CT molecular complexity index is 1230. The van der Waals surface area contributed by atoms with Crippen LogP contribution in [0.15, 0.2) is 52.5 Å². The summed E-state index contributed by atoms with van der Waals surface area (Å²) in [6.45, 7) is 0. The number of nitrogens with one attached hydrogen (secondary N) is 2. The highest BCUT2D eigenvalue weighted by molar-refractivity contribution is 7.92. The van der Waals surface area contributed by atoms with E-state index < -0.39 is 37.0 Å². The number of H-pyrrole nitrogens is 1. The van der Waals surface area contributed by atoms with Crippen LogP contribution in [0.1, 0.15) is 5.56 Å². The number of imidazole rings is 1. The fraction of sp³-hybridized carbons (Fsp3) is 0.0714. The Labute approximate surface area is 150 Å². The number of aromatic nitrogens is 2. The predicted octanol–water partition coefficient (Wildman–Crippen LogP) is 2.63. The van der Waals surface area contributed by atoms with Gasteiger partial charge in [0.1, 0.15) is 0 Å². The van der Waals surface area contributed by atoms with Gasteiger partial charge in [-0.05, 0) is 36.4 Å². The second-order valence-electron chi connectivity index (χ2n) is 5.38. The quantitative estimate of drug-likeness (QED) is 0.556. The number of nitrogens with zero attached hydrogens (tertiary/aromatic N) is 1. The fourth-order valence-corrected chi connectivity index (χ4v) is 3.75. The standard InChI is InChI=1S/C14H10F3N3O5S2/c15-14(16,17)8-2-1-3-9(6-8)20-26(21,22)10-4-5-11-12(7-10)19-13(18-11)27(23,24)25/h1-7,20H,(H,18,19)(H,23,24,25).